The van der Waals surface area contributed by atoms with Crippen LogP contribution in [0.2, 0.25) is 15.1 Å². The molecule has 5 heteroatoms. The smallest absolute Gasteiger partial charge is 0.256 e. The van der Waals surface area contributed by atoms with Gasteiger partial charge in [0.05, 0.1) is 15.1 Å². The minimum atomic E-state index is -0.181. The van der Waals surface area contributed by atoms with Gasteiger partial charge in [0.25, 0.3) is 5.56 Å². The zero-order valence-electron chi connectivity index (χ0n) is 8.85. The summed E-state index contributed by atoms with van der Waals surface area (Å²) in [6.45, 7) is 1.85. The summed E-state index contributed by atoms with van der Waals surface area (Å²) in [5.74, 6) is 0. The van der Waals surface area contributed by atoms with Gasteiger partial charge >= 0.3 is 0 Å². The van der Waals surface area contributed by atoms with E-state index in [1.54, 1.807) is 18.3 Å². The van der Waals surface area contributed by atoms with E-state index in [4.69, 9.17) is 34.8 Å². The third-order valence-corrected chi connectivity index (χ3v) is 3.64. The van der Waals surface area contributed by atoms with Crippen LogP contribution in [0.3, 0.4) is 0 Å². The normalized spacial score (nSPS) is 10.6. The van der Waals surface area contributed by atoms with Crippen LogP contribution < -0.4 is 5.56 Å². The molecule has 2 rings (SSSR count). The number of nitrogens with one attached hydrogen (secondary N) is 1. The molecule has 0 aliphatic rings. The summed E-state index contributed by atoms with van der Waals surface area (Å²) in [5.41, 5.74) is 1.87. The molecule has 0 amide bonds. The lowest BCUT2D eigenvalue weighted by molar-refractivity contribution is 1.21. The third kappa shape index (κ3) is 2.34. The third-order valence-electron chi connectivity index (χ3n) is 2.44. The maximum absolute atomic E-state index is 11.8. The molecule has 0 bridgehead atoms. The van der Waals surface area contributed by atoms with E-state index >= 15 is 0 Å². The Morgan fingerprint density at radius 1 is 1.12 bits per heavy atom. The van der Waals surface area contributed by atoms with E-state index in [1.165, 1.54) is 0 Å². The Morgan fingerprint density at radius 3 is 2.24 bits per heavy atom. The number of pyridine rings is 1. The lowest BCUT2D eigenvalue weighted by atomic mass is 10.0. The first-order valence-corrected chi connectivity index (χ1v) is 5.97. The fraction of sp³-hybridized carbons (Fsp3) is 0.0833. The lowest BCUT2D eigenvalue weighted by Crippen LogP contribution is -2.09. The second-order valence-corrected chi connectivity index (χ2v) is 4.81. The van der Waals surface area contributed by atoms with E-state index < -0.39 is 0 Å². The average molecular weight is 289 g/mol. The van der Waals surface area contributed by atoms with E-state index in [-0.39, 0.29) is 5.56 Å². The van der Waals surface area contributed by atoms with Crippen molar-refractivity contribution in [2.75, 3.05) is 0 Å². The van der Waals surface area contributed by atoms with Crippen molar-refractivity contribution in [3.8, 4) is 11.1 Å². The number of halogens is 3. The Kier molecular flexibility index (Phi) is 3.48. The largest absolute Gasteiger partial charge is 0.329 e. The van der Waals surface area contributed by atoms with Gasteiger partial charge in [-0.15, -0.1) is 0 Å². The van der Waals surface area contributed by atoms with Crippen molar-refractivity contribution in [2.45, 2.75) is 6.92 Å². The van der Waals surface area contributed by atoms with Crippen LogP contribution in [-0.2, 0) is 0 Å². The van der Waals surface area contributed by atoms with E-state index in [0.717, 1.165) is 5.56 Å². The van der Waals surface area contributed by atoms with Crippen molar-refractivity contribution in [1.29, 1.82) is 0 Å². The van der Waals surface area contributed by atoms with Crippen molar-refractivity contribution in [1.82, 2.24) is 4.98 Å². The van der Waals surface area contributed by atoms with Crippen LogP contribution in [0, 0.1) is 6.92 Å². The maximum atomic E-state index is 11.8. The Labute approximate surface area is 113 Å². The first kappa shape index (κ1) is 12.5. The number of aromatic amines is 1. The summed E-state index contributed by atoms with van der Waals surface area (Å²) in [7, 11) is 0. The minimum Gasteiger partial charge on any atom is -0.329 e. The van der Waals surface area contributed by atoms with Crippen LogP contribution in [0.5, 0.6) is 0 Å². The van der Waals surface area contributed by atoms with Crippen LogP contribution >= 0.6 is 34.8 Å². The first-order chi connectivity index (χ1) is 8.00. The van der Waals surface area contributed by atoms with Crippen LogP contribution in [-0.4, -0.2) is 4.98 Å². The molecule has 1 N–H and O–H groups in total. The number of aromatic nitrogens is 1. The molecule has 2 nitrogen and oxygen atoms in total. The minimum absolute atomic E-state index is 0.181. The van der Waals surface area contributed by atoms with Gasteiger partial charge in [-0.1, -0.05) is 34.8 Å². The monoisotopic (exact) mass is 287 g/mol. The van der Waals surface area contributed by atoms with Gasteiger partial charge in [0.15, 0.2) is 0 Å². The summed E-state index contributed by atoms with van der Waals surface area (Å²) in [5, 5.41) is 0.954. The van der Waals surface area contributed by atoms with E-state index in [2.05, 4.69) is 4.98 Å². The SMILES string of the molecule is Cc1cc[nH]c(=O)c1-c1cc(Cl)c(Cl)c(Cl)c1. The molecular formula is C12H8Cl3NO. The summed E-state index contributed by atoms with van der Waals surface area (Å²) in [6.07, 6.45) is 1.60. The van der Waals surface area contributed by atoms with Gasteiger partial charge in [0, 0.05) is 11.8 Å². The summed E-state index contributed by atoms with van der Waals surface area (Å²) in [4.78, 5) is 14.4. The summed E-state index contributed by atoms with van der Waals surface area (Å²) in [6, 6.07) is 5.08. The molecule has 0 spiro atoms. The molecule has 0 saturated carbocycles. The Morgan fingerprint density at radius 2 is 1.71 bits per heavy atom. The number of benzene rings is 1. The molecule has 0 atom stereocenters. The Bertz CT molecular complexity index is 611. The van der Waals surface area contributed by atoms with Gasteiger partial charge in [0.1, 0.15) is 0 Å². The fourth-order valence-corrected chi connectivity index (χ4v) is 2.23. The van der Waals surface area contributed by atoms with Crippen LogP contribution in [0.25, 0.3) is 11.1 Å². The van der Waals surface area contributed by atoms with Crippen molar-refractivity contribution in [3.63, 3.8) is 0 Å². The molecule has 1 aromatic carbocycles. The zero-order chi connectivity index (χ0) is 12.6. The highest BCUT2D eigenvalue weighted by molar-refractivity contribution is 6.48. The van der Waals surface area contributed by atoms with Gasteiger partial charge in [-0.25, -0.2) is 0 Å². The molecule has 0 saturated heterocycles. The van der Waals surface area contributed by atoms with Gasteiger partial charge in [0.2, 0.25) is 0 Å². The van der Waals surface area contributed by atoms with E-state index in [1.807, 2.05) is 13.0 Å². The number of rotatable bonds is 1. The summed E-state index contributed by atoms with van der Waals surface area (Å²) < 4.78 is 0. The van der Waals surface area contributed by atoms with Crippen molar-refractivity contribution in [3.05, 3.63) is 55.4 Å². The van der Waals surface area contributed by atoms with Crippen LogP contribution in [0.4, 0.5) is 0 Å². The number of hydrogen-bond acceptors (Lipinski definition) is 1. The van der Waals surface area contributed by atoms with E-state index in [9.17, 15) is 4.79 Å². The second kappa shape index (κ2) is 4.73. The molecule has 1 heterocycles. The molecular weight excluding hydrogens is 280 g/mol. The van der Waals surface area contributed by atoms with Gasteiger partial charge in [-0.3, -0.25) is 4.79 Å². The number of H-pyrrole nitrogens is 1. The predicted molar refractivity (Wildman–Crippen MR) is 72.3 cm³/mol. The molecule has 17 heavy (non-hydrogen) atoms. The Balaban J connectivity index is 2.74. The number of aryl methyl sites for hydroxylation is 1. The molecule has 88 valence electrons. The standard InChI is InChI=1S/C12H8Cl3NO/c1-6-2-3-16-12(17)10(6)7-4-8(13)11(15)9(14)5-7/h2-5H,1H3,(H,16,17). The predicted octanol–water partition coefficient (Wildman–Crippen LogP) is 4.31. The highest BCUT2D eigenvalue weighted by Gasteiger charge is 2.11. The first-order valence-electron chi connectivity index (χ1n) is 4.84. The topological polar surface area (TPSA) is 32.9 Å². The summed E-state index contributed by atoms with van der Waals surface area (Å²) >= 11 is 17.8. The van der Waals surface area contributed by atoms with Crippen molar-refractivity contribution < 1.29 is 0 Å². The average Bonchev–Trinajstić information content (AvgIpc) is 2.25. The van der Waals surface area contributed by atoms with Gasteiger partial charge in [-0.2, -0.15) is 0 Å². The Hall–Kier alpha value is -0.960. The van der Waals surface area contributed by atoms with Crippen molar-refractivity contribution in [2.24, 2.45) is 0 Å². The molecule has 0 fully saturated rings. The van der Waals surface area contributed by atoms with Gasteiger partial charge in [-0.05, 0) is 36.2 Å². The van der Waals surface area contributed by atoms with E-state index in [0.29, 0.717) is 26.2 Å². The molecule has 0 unspecified atom stereocenters. The molecule has 0 aliphatic heterocycles. The molecule has 1 aromatic heterocycles. The lowest BCUT2D eigenvalue weighted by Gasteiger charge is -2.07. The quantitative estimate of drug-likeness (QED) is 0.779. The molecule has 0 radical (unpaired) electrons. The van der Waals surface area contributed by atoms with Gasteiger partial charge < -0.3 is 4.98 Å². The number of hydrogen-bond donors (Lipinski definition) is 1. The molecule has 0 aliphatic carbocycles. The maximum Gasteiger partial charge on any atom is 0.256 e. The highest BCUT2D eigenvalue weighted by atomic mass is 35.5. The second-order valence-electron chi connectivity index (χ2n) is 3.62. The zero-order valence-corrected chi connectivity index (χ0v) is 11.1. The molecule has 2 aromatic rings. The van der Waals surface area contributed by atoms with Crippen LogP contribution in [0.1, 0.15) is 5.56 Å². The fourth-order valence-electron chi connectivity index (χ4n) is 1.64. The highest BCUT2D eigenvalue weighted by Crippen LogP contribution is 2.34. The van der Waals surface area contributed by atoms with Crippen LogP contribution in [0.15, 0.2) is 29.2 Å². The van der Waals surface area contributed by atoms with Crippen molar-refractivity contribution >= 4 is 34.8 Å².